The van der Waals surface area contributed by atoms with Crippen molar-refractivity contribution in [3.63, 3.8) is 0 Å². The van der Waals surface area contributed by atoms with Gasteiger partial charge in [0.1, 0.15) is 5.52 Å². The highest BCUT2D eigenvalue weighted by Gasteiger charge is 2.12. The minimum absolute atomic E-state index is 0.135. The summed E-state index contributed by atoms with van der Waals surface area (Å²) in [6, 6.07) is 21.0. The third-order valence-electron chi connectivity index (χ3n) is 4.33. The molecule has 4 heteroatoms. The van der Waals surface area contributed by atoms with Crippen molar-refractivity contribution in [1.29, 1.82) is 0 Å². The van der Waals surface area contributed by atoms with Gasteiger partial charge in [0, 0.05) is 16.8 Å². The van der Waals surface area contributed by atoms with Crippen LogP contribution in [0.2, 0.25) is 0 Å². The number of oxazole rings is 1. The second-order valence-corrected chi connectivity index (χ2v) is 6.34. The van der Waals surface area contributed by atoms with Crippen LogP contribution < -0.4 is 5.32 Å². The Bertz CT molecular complexity index is 1090. The summed E-state index contributed by atoms with van der Waals surface area (Å²) >= 11 is 0. The molecule has 1 amide bonds. The van der Waals surface area contributed by atoms with E-state index >= 15 is 0 Å². The lowest BCUT2D eigenvalue weighted by atomic mass is 10.1. The number of anilines is 1. The molecule has 0 saturated heterocycles. The molecule has 0 radical (unpaired) electrons. The van der Waals surface area contributed by atoms with Crippen LogP contribution >= 0.6 is 0 Å². The normalized spacial score (nSPS) is 10.8. The first-order chi connectivity index (χ1) is 12.6. The Hall–Kier alpha value is -3.40. The SMILES string of the molecule is Cc1ccc(-c2nc3cc(NC(=O)c4ccccc4C)ccc3o2)cc1. The van der Waals surface area contributed by atoms with Gasteiger partial charge in [-0.05, 0) is 55.8 Å². The van der Waals surface area contributed by atoms with Crippen LogP contribution in [0.3, 0.4) is 0 Å². The van der Waals surface area contributed by atoms with E-state index in [1.165, 1.54) is 5.56 Å². The Balaban J connectivity index is 1.62. The number of nitrogens with one attached hydrogen (secondary N) is 1. The van der Waals surface area contributed by atoms with Gasteiger partial charge in [-0.1, -0.05) is 35.9 Å². The minimum Gasteiger partial charge on any atom is -0.436 e. The molecule has 1 aromatic heterocycles. The van der Waals surface area contributed by atoms with Crippen LogP contribution in [0.4, 0.5) is 5.69 Å². The van der Waals surface area contributed by atoms with Crippen molar-refractivity contribution >= 4 is 22.7 Å². The van der Waals surface area contributed by atoms with Crippen LogP contribution in [0.15, 0.2) is 71.1 Å². The lowest BCUT2D eigenvalue weighted by molar-refractivity contribution is 0.102. The summed E-state index contributed by atoms with van der Waals surface area (Å²) in [6.07, 6.45) is 0. The highest BCUT2D eigenvalue weighted by molar-refractivity contribution is 6.05. The first-order valence-corrected chi connectivity index (χ1v) is 8.45. The molecule has 3 aromatic carbocycles. The quantitative estimate of drug-likeness (QED) is 0.545. The lowest BCUT2D eigenvalue weighted by Gasteiger charge is -2.07. The Labute approximate surface area is 151 Å². The van der Waals surface area contributed by atoms with Gasteiger partial charge in [-0.15, -0.1) is 0 Å². The molecular formula is C22H18N2O2. The number of amides is 1. The van der Waals surface area contributed by atoms with Gasteiger partial charge in [0.2, 0.25) is 5.89 Å². The maximum atomic E-state index is 12.5. The minimum atomic E-state index is -0.135. The zero-order valence-electron chi connectivity index (χ0n) is 14.6. The van der Waals surface area contributed by atoms with Gasteiger partial charge in [0.15, 0.2) is 5.58 Å². The molecule has 26 heavy (non-hydrogen) atoms. The van der Waals surface area contributed by atoms with Crippen molar-refractivity contribution in [2.45, 2.75) is 13.8 Å². The van der Waals surface area contributed by atoms with Crippen LogP contribution in [0.1, 0.15) is 21.5 Å². The summed E-state index contributed by atoms with van der Waals surface area (Å²) in [5.74, 6) is 0.437. The van der Waals surface area contributed by atoms with Crippen LogP contribution in [-0.4, -0.2) is 10.9 Å². The van der Waals surface area contributed by atoms with Crippen molar-refractivity contribution in [2.24, 2.45) is 0 Å². The first kappa shape index (κ1) is 16.1. The van der Waals surface area contributed by atoms with E-state index in [-0.39, 0.29) is 5.91 Å². The van der Waals surface area contributed by atoms with Gasteiger partial charge in [-0.2, -0.15) is 0 Å². The maximum absolute atomic E-state index is 12.5. The molecule has 0 aliphatic carbocycles. The van der Waals surface area contributed by atoms with Crippen molar-refractivity contribution in [3.05, 3.63) is 83.4 Å². The number of aryl methyl sites for hydroxylation is 2. The molecular weight excluding hydrogens is 324 g/mol. The number of carbonyl (C=O) groups is 1. The van der Waals surface area contributed by atoms with Crippen LogP contribution in [0.5, 0.6) is 0 Å². The highest BCUT2D eigenvalue weighted by Crippen LogP contribution is 2.26. The van der Waals surface area contributed by atoms with Crippen molar-refractivity contribution < 1.29 is 9.21 Å². The average molecular weight is 342 g/mol. The Morgan fingerprint density at radius 3 is 2.50 bits per heavy atom. The Morgan fingerprint density at radius 2 is 1.73 bits per heavy atom. The summed E-state index contributed by atoms with van der Waals surface area (Å²) < 4.78 is 5.83. The number of hydrogen-bond acceptors (Lipinski definition) is 3. The maximum Gasteiger partial charge on any atom is 0.255 e. The zero-order chi connectivity index (χ0) is 18.1. The molecule has 4 nitrogen and oxygen atoms in total. The van der Waals surface area contributed by atoms with Crippen LogP contribution in [0, 0.1) is 13.8 Å². The van der Waals surface area contributed by atoms with E-state index in [2.05, 4.69) is 10.3 Å². The number of nitrogens with zero attached hydrogens (tertiary/aromatic N) is 1. The summed E-state index contributed by atoms with van der Waals surface area (Å²) in [6.45, 7) is 3.96. The van der Waals surface area contributed by atoms with E-state index < -0.39 is 0 Å². The predicted octanol–water partition coefficient (Wildman–Crippen LogP) is 5.36. The van der Waals surface area contributed by atoms with Gasteiger partial charge in [0.05, 0.1) is 0 Å². The van der Waals surface area contributed by atoms with E-state index in [1.807, 2.05) is 80.6 Å². The van der Waals surface area contributed by atoms with Crippen molar-refractivity contribution in [2.75, 3.05) is 5.32 Å². The van der Waals surface area contributed by atoms with E-state index in [0.717, 1.165) is 11.1 Å². The third-order valence-corrected chi connectivity index (χ3v) is 4.33. The molecule has 0 bridgehead atoms. The van der Waals surface area contributed by atoms with Gasteiger partial charge in [-0.25, -0.2) is 4.98 Å². The number of hydrogen-bond donors (Lipinski definition) is 1. The Morgan fingerprint density at radius 1 is 0.962 bits per heavy atom. The molecule has 1 heterocycles. The second-order valence-electron chi connectivity index (χ2n) is 6.34. The summed E-state index contributed by atoms with van der Waals surface area (Å²) in [5, 5.41) is 2.93. The zero-order valence-corrected chi connectivity index (χ0v) is 14.6. The topological polar surface area (TPSA) is 55.1 Å². The standard InChI is InChI=1S/C22H18N2O2/c1-14-7-9-16(10-8-14)22-24-19-13-17(11-12-20(19)26-22)23-21(25)18-6-4-3-5-15(18)2/h3-13H,1-2H3,(H,23,25). The molecule has 4 aromatic rings. The lowest BCUT2D eigenvalue weighted by Crippen LogP contribution is -2.13. The first-order valence-electron chi connectivity index (χ1n) is 8.45. The van der Waals surface area contributed by atoms with E-state index in [9.17, 15) is 4.79 Å². The molecule has 0 fully saturated rings. The number of aromatic nitrogens is 1. The summed E-state index contributed by atoms with van der Waals surface area (Å²) in [7, 11) is 0. The van der Waals surface area contributed by atoms with Gasteiger partial charge in [0.25, 0.3) is 5.91 Å². The molecule has 1 N–H and O–H groups in total. The number of carbonyl (C=O) groups excluding carboxylic acids is 1. The summed E-state index contributed by atoms with van der Waals surface area (Å²) in [4.78, 5) is 17.0. The Kier molecular flexibility index (Phi) is 4.01. The number of benzene rings is 3. The van der Waals surface area contributed by atoms with Crippen LogP contribution in [-0.2, 0) is 0 Å². The van der Waals surface area contributed by atoms with Gasteiger partial charge in [-0.3, -0.25) is 4.79 Å². The van der Waals surface area contributed by atoms with E-state index in [1.54, 1.807) is 0 Å². The molecule has 128 valence electrons. The smallest absolute Gasteiger partial charge is 0.255 e. The summed E-state index contributed by atoms with van der Waals surface area (Å²) in [5.41, 5.74) is 5.80. The molecule has 4 rings (SSSR count). The third kappa shape index (κ3) is 3.09. The molecule has 0 unspecified atom stereocenters. The fourth-order valence-electron chi connectivity index (χ4n) is 2.85. The molecule has 0 spiro atoms. The monoisotopic (exact) mass is 342 g/mol. The van der Waals surface area contributed by atoms with Crippen molar-refractivity contribution in [3.8, 4) is 11.5 Å². The number of fused-ring (bicyclic) bond motifs is 1. The van der Waals surface area contributed by atoms with Crippen LogP contribution in [0.25, 0.3) is 22.6 Å². The molecule has 0 saturated carbocycles. The largest absolute Gasteiger partial charge is 0.436 e. The van der Waals surface area contributed by atoms with E-state index in [4.69, 9.17) is 4.42 Å². The van der Waals surface area contributed by atoms with Crippen molar-refractivity contribution in [1.82, 2.24) is 4.98 Å². The number of rotatable bonds is 3. The fourth-order valence-corrected chi connectivity index (χ4v) is 2.85. The molecule has 0 aliphatic rings. The predicted molar refractivity (Wildman–Crippen MR) is 103 cm³/mol. The molecule has 0 atom stereocenters. The van der Waals surface area contributed by atoms with Gasteiger partial charge >= 0.3 is 0 Å². The average Bonchev–Trinajstić information content (AvgIpc) is 3.06. The van der Waals surface area contributed by atoms with Gasteiger partial charge < -0.3 is 9.73 Å². The second kappa shape index (κ2) is 6.48. The highest BCUT2D eigenvalue weighted by atomic mass is 16.3. The van der Waals surface area contributed by atoms with E-state index in [0.29, 0.717) is 28.2 Å². The molecule has 0 aliphatic heterocycles. The fraction of sp³-hybridized carbons (Fsp3) is 0.0909.